The summed E-state index contributed by atoms with van der Waals surface area (Å²) in [7, 11) is 0. The summed E-state index contributed by atoms with van der Waals surface area (Å²) in [5, 5.41) is 3.82. The summed E-state index contributed by atoms with van der Waals surface area (Å²) < 4.78 is 8.06. The van der Waals surface area contributed by atoms with Gasteiger partial charge in [0.15, 0.2) is 23.3 Å². The topological polar surface area (TPSA) is 126 Å². The maximum atomic E-state index is 8.06. The molecule has 0 fully saturated rings. The Hall–Kier alpha value is -5.44. The number of aromatic nitrogens is 8. The molecule has 0 saturated heterocycles. The van der Waals surface area contributed by atoms with Crippen molar-refractivity contribution in [1.29, 1.82) is 0 Å². The Balaban J connectivity index is 0.00000131. The minimum absolute atomic E-state index is 0.597. The fourth-order valence-electron chi connectivity index (χ4n) is 5.59. The first-order valence-corrected chi connectivity index (χ1v) is 13.6. The predicted octanol–water partition coefficient (Wildman–Crippen LogP) is 6.75. The van der Waals surface area contributed by atoms with Crippen LogP contribution in [0.2, 0.25) is 0 Å². The molecule has 0 atom stereocenters. The first kappa shape index (κ1) is 24.4. The third kappa shape index (κ3) is 3.70. The number of rotatable bonds is 0. The van der Waals surface area contributed by atoms with Gasteiger partial charge in [0.1, 0.15) is 22.6 Å². The zero-order valence-electron chi connectivity index (χ0n) is 21.7. The molecule has 199 valence electrons. The van der Waals surface area contributed by atoms with Crippen LogP contribution in [0.15, 0.2) is 97.1 Å². The van der Waals surface area contributed by atoms with Gasteiger partial charge in [-0.15, -0.1) is 0 Å². The van der Waals surface area contributed by atoms with Gasteiger partial charge < -0.3 is 9.97 Å². The van der Waals surface area contributed by atoms with Crippen molar-refractivity contribution < 1.29 is 19.8 Å². The molecule has 8 bridgehead atoms. The van der Waals surface area contributed by atoms with Crippen molar-refractivity contribution in [3.8, 4) is 45.6 Å². The number of hydrogen-bond acceptors (Lipinski definition) is 7. The standard InChI is InChI=1S/C32H18N8.Mn.O/c1-2-10-18-17(9-1)25-33-26(18)38-28-21-13-5-6-14-22(21)30(35-28)40-32-24-16-8-7-15-23(24)31(36-32)39-29-20-12-4-3-11-19(20)27(34-29)37-25;;/h1-16H,(H2,33,34,35,36,37,38,39,40);;. The minimum atomic E-state index is 0.597. The first-order valence-electron chi connectivity index (χ1n) is 13.1. The third-order valence-electron chi connectivity index (χ3n) is 7.46. The summed E-state index contributed by atoms with van der Waals surface area (Å²) >= 11 is 1.69. The van der Waals surface area contributed by atoms with Gasteiger partial charge in [0.25, 0.3) is 0 Å². The summed E-state index contributed by atoms with van der Waals surface area (Å²) in [6.07, 6.45) is 0. The molecule has 0 saturated carbocycles. The van der Waals surface area contributed by atoms with Crippen LogP contribution in [0.25, 0.3) is 89.7 Å². The molecule has 9 rings (SSSR count). The Morgan fingerprint density at radius 1 is 0.357 bits per heavy atom. The summed E-state index contributed by atoms with van der Waals surface area (Å²) in [5.74, 6) is 2.39. The number of aromatic amines is 2. The van der Waals surface area contributed by atoms with Gasteiger partial charge in [0.05, 0.1) is 0 Å². The molecule has 5 heterocycles. The van der Waals surface area contributed by atoms with E-state index >= 15 is 0 Å². The first-order chi connectivity index (χ1) is 20.8. The second-order valence-electron chi connectivity index (χ2n) is 9.79. The molecule has 9 nitrogen and oxygen atoms in total. The van der Waals surface area contributed by atoms with Crippen molar-refractivity contribution in [1.82, 2.24) is 39.9 Å². The Bertz CT molecular complexity index is 2060. The Morgan fingerprint density at radius 2 is 0.595 bits per heavy atom. The van der Waals surface area contributed by atoms with Crippen molar-refractivity contribution in [3.63, 3.8) is 0 Å². The number of H-pyrrole nitrogens is 2. The smallest absolute Gasteiger partial charge is 0.164 e. The molecule has 10 heteroatoms. The Kier molecular flexibility index (Phi) is 5.56. The molecule has 2 aliphatic heterocycles. The number of nitrogens with zero attached hydrogens (tertiary/aromatic N) is 6. The van der Waals surface area contributed by atoms with Crippen LogP contribution < -0.4 is 0 Å². The molecule has 0 unspecified atom stereocenters. The van der Waals surface area contributed by atoms with Gasteiger partial charge in [0.2, 0.25) is 0 Å². The molecule has 3 aromatic heterocycles. The van der Waals surface area contributed by atoms with Crippen LogP contribution in [-0.4, -0.2) is 39.9 Å². The molecule has 2 N–H and O–H groups in total. The van der Waals surface area contributed by atoms with Gasteiger partial charge in [-0.2, -0.15) is 0 Å². The van der Waals surface area contributed by atoms with Crippen molar-refractivity contribution in [2.24, 2.45) is 0 Å². The van der Waals surface area contributed by atoms with Crippen molar-refractivity contribution in [3.05, 3.63) is 97.1 Å². The van der Waals surface area contributed by atoms with Gasteiger partial charge in [-0.1, -0.05) is 97.1 Å². The molecule has 0 amide bonds. The number of fused-ring (bicyclic) bond motifs is 20. The summed E-state index contributed by atoms with van der Waals surface area (Å²) in [6, 6.07) is 32.2. The molecule has 4 aromatic carbocycles. The Morgan fingerprint density at radius 3 is 0.857 bits per heavy atom. The van der Waals surface area contributed by atoms with E-state index in [1.807, 2.05) is 97.1 Å². The van der Waals surface area contributed by atoms with Crippen LogP contribution in [0.3, 0.4) is 0 Å². The fourth-order valence-corrected chi connectivity index (χ4v) is 5.59. The quantitative estimate of drug-likeness (QED) is 0.189. The van der Waals surface area contributed by atoms with Gasteiger partial charge in [0, 0.05) is 43.8 Å². The molecule has 42 heavy (non-hydrogen) atoms. The van der Waals surface area contributed by atoms with E-state index in [1.54, 1.807) is 15.9 Å². The number of hydrogen-bond donors (Lipinski definition) is 2. The molecule has 7 aromatic rings. The molecule has 0 radical (unpaired) electrons. The molecule has 0 aliphatic carbocycles. The van der Waals surface area contributed by atoms with Crippen LogP contribution in [-0.2, 0) is 19.8 Å². The zero-order chi connectivity index (χ0) is 28.2. The van der Waals surface area contributed by atoms with Crippen LogP contribution in [0.5, 0.6) is 0 Å². The maximum Gasteiger partial charge on any atom is 0.164 e. The number of nitrogens with one attached hydrogen (secondary N) is 2. The van der Waals surface area contributed by atoms with E-state index in [1.165, 1.54) is 0 Å². The van der Waals surface area contributed by atoms with Crippen LogP contribution in [0.1, 0.15) is 0 Å². The van der Waals surface area contributed by atoms with Gasteiger partial charge in [-0.25, -0.2) is 29.9 Å². The van der Waals surface area contributed by atoms with Crippen LogP contribution in [0, 0.1) is 0 Å². The Labute approximate surface area is 245 Å². The van der Waals surface area contributed by atoms with E-state index in [0.29, 0.717) is 45.9 Å². The maximum absolute atomic E-state index is 8.06. The van der Waals surface area contributed by atoms with Crippen LogP contribution in [0.4, 0.5) is 0 Å². The second kappa shape index (κ2) is 9.59. The third-order valence-corrected chi connectivity index (χ3v) is 7.46. The summed E-state index contributed by atoms with van der Waals surface area (Å²) in [5.41, 5.74) is 6.45. The largest absolute Gasteiger partial charge is 0.324 e. The van der Waals surface area contributed by atoms with E-state index in [2.05, 4.69) is 9.97 Å². The van der Waals surface area contributed by atoms with Gasteiger partial charge >= 0.3 is 19.8 Å². The molecular formula is C32H18MnN8O. The summed E-state index contributed by atoms with van der Waals surface area (Å²) in [6.45, 7) is 0. The van der Waals surface area contributed by atoms with Crippen molar-refractivity contribution in [2.75, 3.05) is 0 Å². The van der Waals surface area contributed by atoms with Gasteiger partial charge in [-0.3, -0.25) is 0 Å². The normalized spacial score (nSPS) is 11.5. The van der Waals surface area contributed by atoms with E-state index < -0.39 is 0 Å². The fraction of sp³-hybridized carbons (Fsp3) is 0. The molecule has 0 spiro atoms. The molecular weight excluding hydrogens is 567 g/mol. The molecule has 2 aliphatic rings. The second-order valence-corrected chi connectivity index (χ2v) is 9.79. The van der Waals surface area contributed by atoms with Gasteiger partial charge in [-0.05, 0) is 0 Å². The van der Waals surface area contributed by atoms with E-state index in [0.717, 1.165) is 43.8 Å². The van der Waals surface area contributed by atoms with Crippen molar-refractivity contribution in [2.45, 2.75) is 0 Å². The predicted molar refractivity (Wildman–Crippen MR) is 157 cm³/mol. The van der Waals surface area contributed by atoms with Crippen molar-refractivity contribution >= 4 is 44.1 Å². The minimum Gasteiger partial charge on any atom is -0.324 e. The van der Waals surface area contributed by atoms with Crippen LogP contribution >= 0.6 is 0 Å². The van der Waals surface area contributed by atoms with E-state index in [9.17, 15) is 0 Å². The van der Waals surface area contributed by atoms with E-state index in [-0.39, 0.29) is 0 Å². The average Bonchev–Trinajstić information content (AvgIpc) is 3.78. The summed E-state index contributed by atoms with van der Waals surface area (Å²) in [4.78, 5) is 36.8. The number of benzene rings is 4. The average molecular weight is 585 g/mol. The van der Waals surface area contributed by atoms with E-state index in [4.69, 9.17) is 33.7 Å². The monoisotopic (exact) mass is 585 g/mol. The zero-order valence-corrected chi connectivity index (χ0v) is 22.9. The SMILES string of the molecule is [O]=[Mn].c1ccc2c(c1)-c1nc-2nc2[nH]c(nc3nc(nc4[nH]c(n1)c1ccccc41)-c1ccccc1-3)c1ccccc21.